The van der Waals surface area contributed by atoms with Gasteiger partial charge in [0.2, 0.25) is 0 Å². The van der Waals surface area contributed by atoms with Crippen molar-refractivity contribution >= 4 is 6.21 Å². The number of nitrogens with one attached hydrogen (secondary N) is 5. The molecule has 0 heterocycles. The molecule has 6 heteroatoms. The Morgan fingerprint density at radius 2 is 1.19 bits per heavy atom. The summed E-state index contributed by atoms with van der Waals surface area (Å²) in [5, 5.41) is 19.8. The zero-order chi connectivity index (χ0) is 11.9. The van der Waals surface area contributed by atoms with Crippen molar-refractivity contribution in [3.8, 4) is 0 Å². The van der Waals surface area contributed by atoms with E-state index in [2.05, 4.69) is 21.3 Å². The van der Waals surface area contributed by atoms with Crippen LogP contribution in [0, 0.1) is 5.41 Å². The molecular weight excluding hydrogens is 204 g/mol. The number of hydrogen-bond acceptors (Lipinski definition) is 6. The third-order valence-corrected chi connectivity index (χ3v) is 2.00. The van der Waals surface area contributed by atoms with Crippen molar-refractivity contribution in [1.82, 2.24) is 21.3 Å². The topological polar surface area (TPSA) is 98.0 Å². The van der Waals surface area contributed by atoms with Crippen LogP contribution in [0.1, 0.15) is 0 Å². The fourth-order valence-electron chi connectivity index (χ4n) is 1.18. The van der Waals surface area contributed by atoms with E-state index in [0.717, 1.165) is 45.8 Å². The second-order valence-corrected chi connectivity index (χ2v) is 3.45. The van der Waals surface area contributed by atoms with E-state index >= 15 is 0 Å². The van der Waals surface area contributed by atoms with Gasteiger partial charge >= 0.3 is 0 Å². The molecule has 0 atom stereocenters. The predicted molar refractivity (Wildman–Crippen MR) is 69.3 cm³/mol. The van der Waals surface area contributed by atoms with E-state index in [4.69, 9.17) is 11.1 Å². The van der Waals surface area contributed by atoms with Gasteiger partial charge in [-0.25, -0.2) is 0 Å². The Morgan fingerprint density at radius 1 is 0.750 bits per heavy atom. The maximum Gasteiger partial charge on any atom is 0.0302 e. The minimum Gasteiger partial charge on any atom is -0.329 e. The summed E-state index contributed by atoms with van der Waals surface area (Å²) in [7, 11) is 0. The lowest BCUT2D eigenvalue weighted by Gasteiger charge is -2.07. The molecule has 96 valence electrons. The van der Waals surface area contributed by atoms with Crippen LogP contribution in [0.25, 0.3) is 0 Å². The van der Waals surface area contributed by atoms with Crippen molar-refractivity contribution in [1.29, 1.82) is 5.41 Å². The largest absolute Gasteiger partial charge is 0.329 e. The Bertz CT molecular complexity index is 141. The molecule has 0 aliphatic rings. The summed E-state index contributed by atoms with van der Waals surface area (Å²) < 4.78 is 0. The summed E-state index contributed by atoms with van der Waals surface area (Å²) in [5.41, 5.74) is 5.35. The zero-order valence-corrected chi connectivity index (χ0v) is 10.0. The minimum absolute atomic E-state index is 0.659. The van der Waals surface area contributed by atoms with Gasteiger partial charge in [0.15, 0.2) is 0 Å². The summed E-state index contributed by atoms with van der Waals surface area (Å²) in [5.74, 6) is 0. The SMILES string of the molecule is N=CCNCCNCCNCCNCCN. The smallest absolute Gasteiger partial charge is 0.0302 e. The van der Waals surface area contributed by atoms with E-state index in [0.29, 0.717) is 13.1 Å². The summed E-state index contributed by atoms with van der Waals surface area (Å²) in [6.07, 6.45) is 1.37. The van der Waals surface area contributed by atoms with Gasteiger partial charge in [0.25, 0.3) is 0 Å². The normalized spacial score (nSPS) is 10.6. The fourth-order valence-corrected chi connectivity index (χ4v) is 1.18. The quantitative estimate of drug-likeness (QED) is 0.162. The van der Waals surface area contributed by atoms with Gasteiger partial charge in [-0.2, -0.15) is 0 Å². The zero-order valence-electron chi connectivity index (χ0n) is 10.0. The molecule has 0 aromatic carbocycles. The summed E-state index contributed by atoms with van der Waals surface area (Å²) >= 11 is 0. The van der Waals surface area contributed by atoms with Crippen LogP contribution < -0.4 is 27.0 Å². The van der Waals surface area contributed by atoms with Crippen LogP contribution in [0.5, 0.6) is 0 Å². The van der Waals surface area contributed by atoms with E-state index in [9.17, 15) is 0 Å². The van der Waals surface area contributed by atoms with E-state index < -0.39 is 0 Å². The van der Waals surface area contributed by atoms with Gasteiger partial charge in [-0.1, -0.05) is 0 Å². The van der Waals surface area contributed by atoms with E-state index in [1.54, 1.807) is 0 Å². The van der Waals surface area contributed by atoms with Crippen LogP contribution >= 0.6 is 0 Å². The molecule has 16 heavy (non-hydrogen) atoms. The van der Waals surface area contributed by atoms with Gasteiger partial charge in [0.05, 0.1) is 0 Å². The maximum atomic E-state index is 6.81. The summed E-state index contributed by atoms with van der Waals surface area (Å²) in [6, 6.07) is 0. The third-order valence-electron chi connectivity index (χ3n) is 2.00. The van der Waals surface area contributed by atoms with Gasteiger partial charge in [0, 0.05) is 65.1 Å². The summed E-state index contributed by atoms with van der Waals surface area (Å²) in [6.45, 7) is 8.01. The molecule has 0 rings (SSSR count). The molecular formula is C10H26N6. The molecule has 0 unspecified atom stereocenters. The average molecular weight is 230 g/mol. The van der Waals surface area contributed by atoms with Gasteiger partial charge in [-0.15, -0.1) is 0 Å². The van der Waals surface area contributed by atoms with Crippen molar-refractivity contribution in [2.24, 2.45) is 5.73 Å². The number of nitrogens with two attached hydrogens (primary N) is 1. The lowest BCUT2D eigenvalue weighted by molar-refractivity contribution is 0.575. The Labute approximate surface area is 98.2 Å². The number of rotatable bonds is 13. The van der Waals surface area contributed by atoms with Crippen LogP contribution in [0.2, 0.25) is 0 Å². The second kappa shape index (κ2) is 14.5. The van der Waals surface area contributed by atoms with Crippen molar-refractivity contribution in [3.05, 3.63) is 0 Å². The maximum absolute atomic E-state index is 6.81. The van der Waals surface area contributed by atoms with Crippen molar-refractivity contribution in [2.75, 3.05) is 58.9 Å². The first kappa shape index (κ1) is 15.5. The van der Waals surface area contributed by atoms with Crippen LogP contribution in [0.15, 0.2) is 0 Å². The molecule has 0 spiro atoms. The van der Waals surface area contributed by atoms with Crippen LogP contribution in [0.4, 0.5) is 0 Å². The Hall–Kier alpha value is -0.530. The first-order chi connectivity index (χ1) is 7.91. The lowest BCUT2D eigenvalue weighted by atomic mass is 10.5. The Kier molecular flexibility index (Phi) is 14.0. The molecule has 0 radical (unpaired) electrons. The molecule has 7 N–H and O–H groups in total. The Balaban J connectivity index is 2.85. The fraction of sp³-hybridized carbons (Fsp3) is 0.900. The Morgan fingerprint density at radius 3 is 1.62 bits per heavy atom. The van der Waals surface area contributed by atoms with E-state index in [-0.39, 0.29) is 0 Å². The highest BCUT2D eigenvalue weighted by Gasteiger charge is 1.88. The molecule has 0 aromatic rings. The standard InChI is InChI=1S/C10H26N6/c11-1-3-13-5-7-15-9-10-16-8-6-14-4-2-12/h1,11,13-16H,2-10,12H2. The molecule has 0 amide bonds. The van der Waals surface area contributed by atoms with Gasteiger partial charge < -0.3 is 32.4 Å². The average Bonchev–Trinajstić information content (AvgIpc) is 2.31. The highest BCUT2D eigenvalue weighted by Crippen LogP contribution is 1.62. The first-order valence-corrected chi connectivity index (χ1v) is 5.93. The molecule has 0 aromatic heterocycles. The molecule has 0 aliphatic carbocycles. The monoisotopic (exact) mass is 230 g/mol. The molecule has 0 fully saturated rings. The van der Waals surface area contributed by atoms with Crippen molar-refractivity contribution in [2.45, 2.75) is 0 Å². The molecule has 0 saturated heterocycles. The van der Waals surface area contributed by atoms with Gasteiger partial charge in [-0.05, 0) is 0 Å². The molecule has 0 bridgehead atoms. The second-order valence-electron chi connectivity index (χ2n) is 3.45. The highest BCUT2D eigenvalue weighted by atomic mass is 15.0. The van der Waals surface area contributed by atoms with Crippen LogP contribution in [-0.2, 0) is 0 Å². The van der Waals surface area contributed by atoms with Crippen LogP contribution in [-0.4, -0.2) is 65.1 Å². The summed E-state index contributed by atoms with van der Waals surface area (Å²) in [4.78, 5) is 0. The van der Waals surface area contributed by atoms with Crippen LogP contribution in [0.3, 0.4) is 0 Å². The third kappa shape index (κ3) is 13.5. The lowest BCUT2D eigenvalue weighted by Crippen LogP contribution is -2.36. The van der Waals surface area contributed by atoms with Crippen molar-refractivity contribution in [3.63, 3.8) is 0 Å². The van der Waals surface area contributed by atoms with E-state index in [1.807, 2.05) is 0 Å². The molecule has 6 nitrogen and oxygen atoms in total. The molecule has 0 aliphatic heterocycles. The van der Waals surface area contributed by atoms with E-state index in [1.165, 1.54) is 6.21 Å². The van der Waals surface area contributed by atoms with Crippen molar-refractivity contribution < 1.29 is 0 Å². The first-order valence-electron chi connectivity index (χ1n) is 5.93. The van der Waals surface area contributed by atoms with Gasteiger partial charge in [-0.3, -0.25) is 0 Å². The molecule has 0 saturated carbocycles. The highest BCUT2D eigenvalue weighted by molar-refractivity contribution is 5.55. The number of hydrogen-bond donors (Lipinski definition) is 6. The minimum atomic E-state index is 0.659. The van der Waals surface area contributed by atoms with Gasteiger partial charge in [0.1, 0.15) is 0 Å². The predicted octanol–water partition coefficient (Wildman–Crippen LogP) is -2.05.